The van der Waals surface area contributed by atoms with E-state index in [-0.39, 0.29) is 214 Å². The quantitative estimate of drug-likeness (QED) is 0.0199. The zero-order chi connectivity index (χ0) is 86.9. The summed E-state index contributed by atoms with van der Waals surface area (Å²) in [7, 11) is 0. The van der Waals surface area contributed by atoms with Crippen LogP contribution in [0.4, 0.5) is 0 Å². The fourth-order valence-corrected chi connectivity index (χ4v) is 13.1. The van der Waals surface area contributed by atoms with Crippen LogP contribution in [0.15, 0.2) is 0 Å². The van der Waals surface area contributed by atoms with Crippen molar-refractivity contribution < 1.29 is 165 Å². The minimum Gasteiger partial charge on any atom is -0.394 e. The van der Waals surface area contributed by atoms with Gasteiger partial charge in [0.2, 0.25) is 47.3 Å². The summed E-state index contributed by atoms with van der Waals surface area (Å²) in [6, 6.07) is -3.31. The molecule has 0 aromatic heterocycles. The average molecular weight is 1720 g/mol. The van der Waals surface area contributed by atoms with Crippen LogP contribution < -0.4 is 48.3 Å². The number of amides is 8. The zero-order valence-electron chi connectivity index (χ0n) is 69.4. The van der Waals surface area contributed by atoms with E-state index >= 15 is 0 Å². The SMILES string of the molecule is CC(=O)NC1C(OCCOCCOCCNC(=O)CCOCC(COCCC(=O)NCCOCCOCCOC2OC(CO)C(O)C(O)C2NC(C)=O)(COCCC(=O)NCCOCCOCCOC2OC(CO)C(O)C(O)C2NC(C)=O)NC(=O)CCCCCCCCCCC(=O)NCCOC2(OCCN)CCCC2)OC(CO)C(O)C1O. The summed E-state index contributed by atoms with van der Waals surface area (Å²) in [6.45, 7) is 4.13. The monoisotopic (exact) mass is 1720 g/mol. The van der Waals surface area contributed by atoms with Crippen LogP contribution in [0, 0.1) is 0 Å². The Morgan fingerprint density at radius 1 is 0.353 bits per heavy atom. The van der Waals surface area contributed by atoms with E-state index in [1.165, 1.54) is 20.8 Å². The zero-order valence-corrected chi connectivity index (χ0v) is 69.4. The van der Waals surface area contributed by atoms with Crippen molar-refractivity contribution in [3.05, 3.63) is 0 Å². The molecule has 119 heavy (non-hydrogen) atoms. The number of nitrogens with one attached hydrogen (secondary N) is 8. The number of aliphatic hydroxyl groups excluding tert-OH is 9. The molecular weight excluding hydrogens is 1580 g/mol. The van der Waals surface area contributed by atoms with E-state index < -0.39 is 141 Å². The standard InChI is InChI=1S/C76H139N9O34/c1-52(89)82-63-69(100)66(97)55(46-86)117-72(63)112-43-40-106-37-34-103-30-22-78-59(93)16-26-109-49-75(85-62(96)15-11-9-7-5-4-6-8-10-14-58(92)81-25-33-116-76(115-29-21-77)19-12-13-20-76,50-110-27-17-60(94)79-23-31-104-35-38-107-41-44-113-73-64(83-53(2)90)70(101)67(98)56(47-87)118-73)51-111-28-18-61(95)80-24-32-105-36-39-108-42-45-114-74-65(84-54(3)91)71(102)68(99)57(48-88)119-74/h55-57,63-74,86-88,97-102H,4-51,77H2,1-3H3,(H,78,93)(H,79,94)(H,80,95)(H,81,92)(H,82,89)(H,83,90)(H,84,91)(H,85,96). The number of nitrogens with two attached hydrogens (primary N) is 1. The first kappa shape index (κ1) is 106. The van der Waals surface area contributed by atoms with Crippen LogP contribution in [-0.4, -0.2) is 401 Å². The molecule has 0 aromatic carbocycles. The fourth-order valence-electron chi connectivity index (χ4n) is 13.1. The van der Waals surface area contributed by atoms with Gasteiger partial charge < -0.3 is 175 Å². The van der Waals surface area contributed by atoms with Crippen molar-refractivity contribution in [3.8, 4) is 0 Å². The Bertz CT molecular complexity index is 2550. The number of hydrogen-bond acceptors (Lipinski definition) is 35. The number of hydrogen-bond donors (Lipinski definition) is 18. The highest BCUT2D eigenvalue weighted by Gasteiger charge is 2.48. The number of carbonyl (C=O) groups is 8. The smallest absolute Gasteiger partial charge is 0.222 e. The number of rotatable bonds is 70. The maximum Gasteiger partial charge on any atom is 0.222 e. The summed E-state index contributed by atoms with van der Waals surface area (Å²) in [6.07, 6.45) is -5.22. The van der Waals surface area contributed by atoms with Gasteiger partial charge in [0.05, 0.1) is 172 Å². The van der Waals surface area contributed by atoms with E-state index in [0.717, 1.165) is 70.6 Å². The summed E-state index contributed by atoms with van der Waals surface area (Å²) in [5.74, 6) is -3.61. The van der Waals surface area contributed by atoms with Gasteiger partial charge in [0.25, 0.3) is 0 Å². The molecule has 19 N–H and O–H groups in total. The maximum atomic E-state index is 14.0. The molecule has 4 fully saturated rings. The first-order valence-corrected chi connectivity index (χ1v) is 41.5. The van der Waals surface area contributed by atoms with Crippen molar-refractivity contribution in [2.75, 3.05) is 205 Å². The molecule has 0 spiro atoms. The average Bonchev–Trinajstić information content (AvgIpc) is 1.24. The lowest BCUT2D eigenvalue weighted by Gasteiger charge is -2.42. The van der Waals surface area contributed by atoms with Gasteiger partial charge in [-0.2, -0.15) is 0 Å². The highest BCUT2D eigenvalue weighted by molar-refractivity contribution is 5.78. The molecule has 15 atom stereocenters. The van der Waals surface area contributed by atoms with Gasteiger partial charge in [-0.1, -0.05) is 38.5 Å². The Morgan fingerprint density at radius 3 is 0.958 bits per heavy atom. The van der Waals surface area contributed by atoms with Crippen LogP contribution in [0.3, 0.4) is 0 Å². The minimum atomic E-state index is -1.46. The van der Waals surface area contributed by atoms with Gasteiger partial charge in [-0.25, -0.2) is 0 Å². The van der Waals surface area contributed by atoms with E-state index in [1.807, 2.05) is 0 Å². The summed E-state index contributed by atoms with van der Waals surface area (Å²) in [5, 5.41) is 113. The Labute approximate surface area is 695 Å². The van der Waals surface area contributed by atoms with Gasteiger partial charge in [0, 0.05) is 98.4 Å². The van der Waals surface area contributed by atoms with Crippen molar-refractivity contribution in [2.45, 2.75) is 233 Å². The fraction of sp³-hybridized carbons (Fsp3) is 0.895. The summed E-state index contributed by atoms with van der Waals surface area (Å²) in [4.78, 5) is 101. The van der Waals surface area contributed by atoms with Crippen molar-refractivity contribution in [1.29, 1.82) is 0 Å². The van der Waals surface area contributed by atoms with E-state index in [9.17, 15) is 84.3 Å². The Balaban J connectivity index is 1.28. The molecule has 43 nitrogen and oxygen atoms in total. The van der Waals surface area contributed by atoms with Gasteiger partial charge >= 0.3 is 0 Å². The predicted molar refractivity (Wildman–Crippen MR) is 416 cm³/mol. The van der Waals surface area contributed by atoms with Crippen molar-refractivity contribution in [3.63, 3.8) is 0 Å². The van der Waals surface area contributed by atoms with Crippen LogP contribution in [0.25, 0.3) is 0 Å². The number of unbranched alkanes of at least 4 members (excludes halogenated alkanes) is 7. The summed E-state index contributed by atoms with van der Waals surface area (Å²) < 4.78 is 97.4. The molecule has 3 saturated heterocycles. The molecule has 4 rings (SSSR count). The second-order valence-electron chi connectivity index (χ2n) is 29.2. The molecule has 4 aliphatic rings. The van der Waals surface area contributed by atoms with E-state index in [0.29, 0.717) is 39.1 Å². The molecule has 1 aliphatic carbocycles. The van der Waals surface area contributed by atoms with Crippen LogP contribution >= 0.6 is 0 Å². The normalized spacial score (nSPS) is 24.7. The molecule has 1 saturated carbocycles. The van der Waals surface area contributed by atoms with E-state index in [1.54, 1.807) is 0 Å². The maximum absolute atomic E-state index is 14.0. The highest BCUT2D eigenvalue weighted by Crippen LogP contribution is 2.34. The van der Waals surface area contributed by atoms with E-state index in [2.05, 4.69) is 42.5 Å². The summed E-state index contributed by atoms with van der Waals surface area (Å²) in [5.41, 5.74) is 4.23. The Morgan fingerprint density at radius 2 is 0.639 bits per heavy atom. The number of aliphatic hydroxyl groups is 9. The molecule has 3 aliphatic heterocycles. The highest BCUT2D eigenvalue weighted by atomic mass is 16.7. The molecule has 0 bridgehead atoms. The van der Waals surface area contributed by atoms with Crippen LogP contribution in [0.2, 0.25) is 0 Å². The summed E-state index contributed by atoms with van der Waals surface area (Å²) >= 11 is 0. The first-order valence-electron chi connectivity index (χ1n) is 41.5. The van der Waals surface area contributed by atoms with Gasteiger partial charge in [-0.15, -0.1) is 0 Å². The Hall–Kier alpha value is -5.32. The minimum absolute atomic E-state index is 0.0272. The van der Waals surface area contributed by atoms with Gasteiger partial charge in [0.1, 0.15) is 78.6 Å². The number of ether oxygens (including phenoxy) is 17. The molecular formula is C76H139N9O34. The number of carbonyl (C=O) groups excluding carboxylic acids is 8. The lowest BCUT2D eigenvalue weighted by Crippen LogP contribution is -2.64. The largest absolute Gasteiger partial charge is 0.394 e. The lowest BCUT2D eigenvalue weighted by atomic mass is 9.97. The Kier molecular flexibility index (Phi) is 56.6. The van der Waals surface area contributed by atoms with Crippen molar-refractivity contribution in [1.82, 2.24) is 42.5 Å². The third kappa shape index (κ3) is 44.7. The van der Waals surface area contributed by atoms with Crippen LogP contribution in [0.1, 0.15) is 130 Å². The molecule has 15 unspecified atom stereocenters. The van der Waals surface area contributed by atoms with Gasteiger partial charge in [0.15, 0.2) is 24.7 Å². The topological polar surface area (TPSA) is 598 Å². The second-order valence-corrected chi connectivity index (χ2v) is 29.2. The molecule has 0 radical (unpaired) electrons. The predicted octanol–water partition coefficient (Wildman–Crippen LogP) is -6.33. The van der Waals surface area contributed by atoms with Crippen LogP contribution in [0.5, 0.6) is 0 Å². The molecule has 692 valence electrons. The van der Waals surface area contributed by atoms with Crippen molar-refractivity contribution in [2.24, 2.45) is 5.73 Å². The molecule has 43 heteroatoms. The molecule has 3 heterocycles. The van der Waals surface area contributed by atoms with Gasteiger partial charge in [-0.3, -0.25) is 38.4 Å². The molecule has 0 aromatic rings. The third-order valence-corrected chi connectivity index (χ3v) is 19.3. The van der Waals surface area contributed by atoms with Gasteiger partial charge in [-0.05, 0) is 25.7 Å². The molecule has 8 amide bonds. The second kappa shape index (κ2) is 63.6. The first-order chi connectivity index (χ1) is 57.4. The van der Waals surface area contributed by atoms with E-state index in [4.69, 9.17) is 86.3 Å². The third-order valence-electron chi connectivity index (χ3n) is 19.3. The van der Waals surface area contributed by atoms with Crippen LogP contribution in [-0.2, 0) is 119 Å². The lowest BCUT2D eigenvalue weighted by molar-refractivity contribution is -0.272. The van der Waals surface area contributed by atoms with Crippen molar-refractivity contribution >= 4 is 47.3 Å².